The molecule has 0 aliphatic rings. The molecule has 4 rings (SSSR count). The number of halogens is 1. The summed E-state index contributed by atoms with van der Waals surface area (Å²) in [6, 6.07) is 10.1. The van der Waals surface area contributed by atoms with Crippen LogP contribution in [0.3, 0.4) is 0 Å². The summed E-state index contributed by atoms with van der Waals surface area (Å²) in [7, 11) is 0. The first kappa shape index (κ1) is 15.9. The van der Waals surface area contributed by atoms with E-state index in [0.717, 1.165) is 5.69 Å². The minimum Gasteiger partial charge on any atom is -0.351 e. The van der Waals surface area contributed by atoms with E-state index < -0.39 is 0 Å². The van der Waals surface area contributed by atoms with Gasteiger partial charge in [-0.15, -0.1) is 27.8 Å². The number of benzene rings is 1. The van der Waals surface area contributed by atoms with Crippen molar-refractivity contribution < 1.29 is 9.18 Å². The van der Waals surface area contributed by atoms with Crippen LogP contribution in [-0.4, -0.2) is 27.0 Å². The monoisotopic (exact) mass is 372 g/mol. The van der Waals surface area contributed by atoms with Crippen molar-refractivity contribution in [2.24, 2.45) is 0 Å². The molecule has 0 aliphatic heterocycles. The van der Waals surface area contributed by atoms with Crippen molar-refractivity contribution in [3.63, 3.8) is 0 Å². The van der Waals surface area contributed by atoms with E-state index in [2.05, 4.69) is 15.4 Å². The van der Waals surface area contributed by atoms with Crippen LogP contribution in [0.2, 0.25) is 0 Å². The second kappa shape index (κ2) is 6.73. The summed E-state index contributed by atoms with van der Waals surface area (Å²) in [5, 5.41) is 11.1. The van der Waals surface area contributed by atoms with Crippen LogP contribution in [-0.2, 0) is 6.42 Å². The van der Waals surface area contributed by atoms with E-state index in [-0.39, 0.29) is 11.7 Å². The average molecular weight is 372 g/mol. The number of carbonyl (C=O) groups is 1. The fourth-order valence-electron chi connectivity index (χ4n) is 2.45. The Morgan fingerprint density at radius 3 is 2.88 bits per heavy atom. The predicted octanol–water partition coefficient (Wildman–Crippen LogP) is 3.63. The van der Waals surface area contributed by atoms with E-state index in [9.17, 15) is 9.18 Å². The summed E-state index contributed by atoms with van der Waals surface area (Å²) < 4.78 is 15.6. The van der Waals surface area contributed by atoms with Gasteiger partial charge in [-0.25, -0.2) is 8.91 Å². The van der Waals surface area contributed by atoms with Crippen molar-refractivity contribution >= 4 is 33.5 Å². The van der Waals surface area contributed by atoms with Crippen LogP contribution in [0.15, 0.2) is 47.2 Å². The Kier molecular flexibility index (Phi) is 4.29. The van der Waals surface area contributed by atoms with Gasteiger partial charge in [0.15, 0.2) is 5.82 Å². The molecule has 0 saturated carbocycles. The average Bonchev–Trinajstić information content (AvgIpc) is 3.33. The van der Waals surface area contributed by atoms with E-state index in [4.69, 9.17) is 0 Å². The number of fused-ring (bicyclic) bond motifs is 1. The standard InChI is InChI=1S/C17H13FN4OS2/c18-13-5-2-1-4-12(13)15-20-17-22(21-15)11(10-25-17)7-8-19-16(23)14-6-3-9-24-14/h1-6,9-10H,7-8H2,(H,19,23). The second-order valence-corrected chi connectivity index (χ2v) is 7.10. The SMILES string of the molecule is O=C(NCCc1csc2nc(-c3ccccc3F)nn12)c1cccs1. The molecule has 3 aromatic heterocycles. The maximum absolute atomic E-state index is 13.9. The zero-order chi connectivity index (χ0) is 17.2. The number of nitrogens with one attached hydrogen (secondary N) is 1. The van der Waals surface area contributed by atoms with Crippen molar-refractivity contribution in [2.75, 3.05) is 6.54 Å². The molecule has 4 aromatic rings. The molecule has 3 heterocycles. The van der Waals surface area contributed by atoms with Gasteiger partial charge in [0.25, 0.3) is 5.91 Å². The smallest absolute Gasteiger partial charge is 0.261 e. The normalized spacial score (nSPS) is 11.1. The van der Waals surface area contributed by atoms with Gasteiger partial charge in [0, 0.05) is 18.3 Å². The quantitative estimate of drug-likeness (QED) is 0.582. The lowest BCUT2D eigenvalue weighted by Gasteiger charge is -2.02. The Morgan fingerprint density at radius 1 is 1.20 bits per heavy atom. The molecule has 1 N–H and O–H groups in total. The Bertz CT molecular complexity index is 1020. The summed E-state index contributed by atoms with van der Waals surface area (Å²) in [6.07, 6.45) is 0.622. The van der Waals surface area contributed by atoms with Crippen molar-refractivity contribution in [1.29, 1.82) is 0 Å². The summed E-state index contributed by atoms with van der Waals surface area (Å²) >= 11 is 2.86. The van der Waals surface area contributed by atoms with Gasteiger partial charge in [-0.1, -0.05) is 18.2 Å². The molecule has 0 saturated heterocycles. The van der Waals surface area contributed by atoms with Gasteiger partial charge in [0.1, 0.15) is 5.82 Å². The molecule has 1 amide bonds. The second-order valence-electron chi connectivity index (χ2n) is 5.32. The number of nitrogens with zero attached hydrogens (tertiary/aromatic N) is 3. The van der Waals surface area contributed by atoms with E-state index >= 15 is 0 Å². The molecule has 0 unspecified atom stereocenters. The molecule has 5 nitrogen and oxygen atoms in total. The number of carbonyl (C=O) groups excluding carboxylic acids is 1. The zero-order valence-electron chi connectivity index (χ0n) is 13.0. The molecule has 0 aliphatic carbocycles. The molecular weight excluding hydrogens is 359 g/mol. The summed E-state index contributed by atoms with van der Waals surface area (Å²) in [4.78, 5) is 17.7. The molecule has 0 bridgehead atoms. The molecule has 25 heavy (non-hydrogen) atoms. The largest absolute Gasteiger partial charge is 0.351 e. The van der Waals surface area contributed by atoms with Crippen LogP contribution < -0.4 is 5.32 Å². The van der Waals surface area contributed by atoms with E-state index in [1.54, 1.807) is 28.8 Å². The van der Waals surface area contributed by atoms with Crippen molar-refractivity contribution in [3.05, 3.63) is 63.5 Å². The van der Waals surface area contributed by atoms with Crippen molar-refractivity contribution in [2.45, 2.75) is 6.42 Å². The Hall–Kier alpha value is -2.58. The summed E-state index contributed by atoms with van der Waals surface area (Å²) in [6.45, 7) is 0.497. The first-order valence-corrected chi connectivity index (χ1v) is 9.38. The number of hydrogen-bond acceptors (Lipinski definition) is 5. The molecule has 0 atom stereocenters. The molecule has 8 heteroatoms. The van der Waals surface area contributed by atoms with Crippen molar-refractivity contribution in [1.82, 2.24) is 19.9 Å². The van der Waals surface area contributed by atoms with Gasteiger partial charge in [-0.05, 0) is 23.6 Å². The zero-order valence-corrected chi connectivity index (χ0v) is 14.6. The van der Waals surface area contributed by atoms with Crippen molar-refractivity contribution in [3.8, 4) is 11.4 Å². The number of rotatable bonds is 5. The number of aromatic nitrogens is 3. The topological polar surface area (TPSA) is 59.3 Å². The molecule has 0 radical (unpaired) electrons. The Balaban J connectivity index is 1.49. The summed E-state index contributed by atoms with van der Waals surface area (Å²) in [5.41, 5.74) is 1.32. The van der Waals surface area contributed by atoms with Crippen LogP contribution in [0.25, 0.3) is 16.3 Å². The number of thiophene rings is 1. The third kappa shape index (κ3) is 3.18. The lowest BCUT2D eigenvalue weighted by molar-refractivity contribution is 0.0958. The third-order valence-corrected chi connectivity index (χ3v) is 5.41. The third-order valence-electron chi connectivity index (χ3n) is 3.68. The van der Waals surface area contributed by atoms with Crippen LogP contribution >= 0.6 is 22.7 Å². The van der Waals surface area contributed by atoms with Crippen LogP contribution in [0.1, 0.15) is 15.4 Å². The van der Waals surface area contributed by atoms with Gasteiger partial charge in [-0.2, -0.15) is 4.98 Å². The predicted molar refractivity (Wildman–Crippen MR) is 96.6 cm³/mol. The molecular formula is C17H13FN4OS2. The van der Waals surface area contributed by atoms with Crippen LogP contribution in [0.4, 0.5) is 4.39 Å². The maximum atomic E-state index is 13.9. The highest BCUT2D eigenvalue weighted by molar-refractivity contribution is 7.15. The van der Waals surface area contributed by atoms with E-state index in [0.29, 0.717) is 34.2 Å². The van der Waals surface area contributed by atoms with Crippen LogP contribution in [0, 0.1) is 5.82 Å². The van der Waals surface area contributed by atoms with Gasteiger partial charge in [0.05, 0.1) is 16.1 Å². The number of hydrogen-bond donors (Lipinski definition) is 1. The van der Waals surface area contributed by atoms with E-state index in [1.807, 2.05) is 16.8 Å². The van der Waals surface area contributed by atoms with Gasteiger partial charge in [-0.3, -0.25) is 4.79 Å². The summed E-state index contributed by atoms with van der Waals surface area (Å²) in [5.74, 6) is -0.0496. The molecule has 0 fully saturated rings. The highest BCUT2D eigenvalue weighted by Crippen LogP contribution is 2.23. The molecule has 1 aromatic carbocycles. The van der Waals surface area contributed by atoms with Crippen LogP contribution in [0.5, 0.6) is 0 Å². The fraction of sp³-hybridized carbons (Fsp3) is 0.118. The minimum absolute atomic E-state index is 0.0768. The lowest BCUT2D eigenvalue weighted by atomic mass is 10.2. The van der Waals surface area contributed by atoms with Gasteiger partial charge >= 0.3 is 0 Å². The lowest BCUT2D eigenvalue weighted by Crippen LogP contribution is -2.25. The number of thiazole rings is 1. The molecule has 0 spiro atoms. The highest BCUT2D eigenvalue weighted by atomic mass is 32.1. The number of amides is 1. The minimum atomic E-state index is -0.342. The maximum Gasteiger partial charge on any atom is 0.261 e. The van der Waals surface area contributed by atoms with Gasteiger partial charge in [0.2, 0.25) is 4.96 Å². The highest BCUT2D eigenvalue weighted by Gasteiger charge is 2.14. The Labute approximate surface area is 150 Å². The Morgan fingerprint density at radius 2 is 2.08 bits per heavy atom. The first-order valence-electron chi connectivity index (χ1n) is 7.62. The molecule has 126 valence electrons. The first-order chi connectivity index (χ1) is 12.2. The fourth-order valence-corrected chi connectivity index (χ4v) is 3.95. The van der Waals surface area contributed by atoms with Gasteiger partial charge < -0.3 is 5.32 Å². The van der Waals surface area contributed by atoms with E-state index in [1.165, 1.54) is 28.7 Å².